The van der Waals surface area contributed by atoms with Gasteiger partial charge in [0.05, 0.1) is 15.2 Å². The summed E-state index contributed by atoms with van der Waals surface area (Å²) >= 11 is 0. The minimum atomic E-state index is -1.48. The lowest BCUT2D eigenvalue weighted by Crippen LogP contribution is -2.37. The van der Waals surface area contributed by atoms with Gasteiger partial charge in [0.25, 0.3) is 0 Å². The van der Waals surface area contributed by atoms with Gasteiger partial charge in [-0.05, 0) is 18.6 Å². The molecule has 0 radical (unpaired) electrons. The fraction of sp³-hybridized carbons (Fsp3) is 0.417. The molecule has 0 aliphatic rings. The molecule has 4 heteroatoms. The number of methoxy groups -OCH3 is 1. The van der Waals surface area contributed by atoms with Crippen LogP contribution >= 0.6 is 0 Å². The van der Waals surface area contributed by atoms with E-state index in [4.69, 9.17) is 0 Å². The Hall–Kier alpha value is -1.29. The second-order valence-corrected chi connectivity index (χ2v) is 10.0. The van der Waals surface area contributed by atoms with Crippen LogP contribution in [0.25, 0.3) is 0 Å². The van der Waals surface area contributed by atoms with Crippen molar-refractivity contribution in [3.05, 3.63) is 23.3 Å². The lowest BCUT2D eigenvalue weighted by molar-refractivity contribution is 0.0596. The summed E-state index contributed by atoms with van der Waals surface area (Å²) in [5, 5.41) is 11.0. The predicted molar refractivity (Wildman–Crippen MR) is 67.2 cm³/mol. The van der Waals surface area contributed by atoms with Crippen LogP contribution < -0.4 is 5.19 Å². The molecule has 0 aliphatic carbocycles. The van der Waals surface area contributed by atoms with Gasteiger partial charge in [0.1, 0.15) is 11.3 Å². The Morgan fingerprint density at radius 1 is 1.31 bits per heavy atom. The maximum absolute atomic E-state index is 11.4. The number of aromatic hydroxyl groups is 1. The molecule has 1 aromatic carbocycles. The molecule has 0 unspecified atom stereocenters. The fourth-order valence-corrected chi connectivity index (χ4v) is 2.79. The number of ether oxygens (including phenoxy) is 1. The first kappa shape index (κ1) is 12.8. The minimum absolute atomic E-state index is 0.0178. The molecule has 3 nitrogen and oxygen atoms in total. The maximum atomic E-state index is 11.4. The number of esters is 1. The van der Waals surface area contributed by atoms with E-state index in [0.717, 1.165) is 10.8 Å². The number of carbonyl (C=O) groups excluding carboxylic acids is 1. The standard InChI is InChI=1S/C12H18O3Si/c1-8-6-9(16(3,4)5)7-10(13)11(8)12(14)15-2/h6-7,13H,1-5H3. The molecule has 0 aromatic heterocycles. The Balaban J connectivity index is 3.34. The topological polar surface area (TPSA) is 46.5 Å². The molecule has 0 bridgehead atoms. The molecule has 0 saturated carbocycles. The van der Waals surface area contributed by atoms with Gasteiger partial charge in [0.15, 0.2) is 0 Å². The summed E-state index contributed by atoms with van der Waals surface area (Å²) in [5.41, 5.74) is 1.04. The first-order chi connectivity index (χ1) is 7.27. The van der Waals surface area contributed by atoms with E-state index in [9.17, 15) is 9.90 Å². The SMILES string of the molecule is COC(=O)c1c(C)cc([Si](C)(C)C)cc1O. The van der Waals surface area contributed by atoms with Gasteiger partial charge < -0.3 is 9.84 Å². The molecule has 0 aliphatic heterocycles. The van der Waals surface area contributed by atoms with Gasteiger partial charge in [-0.25, -0.2) is 4.79 Å². The summed E-state index contributed by atoms with van der Waals surface area (Å²) in [5.74, 6) is -0.471. The Kier molecular flexibility index (Phi) is 3.43. The predicted octanol–water partition coefficient (Wildman–Crippen LogP) is 2.03. The molecule has 0 spiro atoms. The van der Waals surface area contributed by atoms with Crippen LogP contribution in [0.2, 0.25) is 19.6 Å². The van der Waals surface area contributed by atoms with Gasteiger partial charge in [-0.15, -0.1) is 0 Å². The Labute approximate surface area is 97.1 Å². The van der Waals surface area contributed by atoms with Crippen molar-refractivity contribution in [1.29, 1.82) is 0 Å². The van der Waals surface area contributed by atoms with Gasteiger partial charge in [-0.1, -0.05) is 30.9 Å². The summed E-state index contributed by atoms with van der Waals surface area (Å²) in [4.78, 5) is 11.4. The van der Waals surface area contributed by atoms with Crippen LogP contribution in [0.4, 0.5) is 0 Å². The van der Waals surface area contributed by atoms with Gasteiger partial charge in [-0.3, -0.25) is 0 Å². The zero-order valence-corrected chi connectivity index (χ0v) is 11.4. The quantitative estimate of drug-likeness (QED) is 0.633. The maximum Gasteiger partial charge on any atom is 0.341 e. The van der Waals surface area contributed by atoms with E-state index in [1.165, 1.54) is 7.11 Å². The van der Waals surface area contributed by atoms with E-state index >= 15 is 0 Å². The molecule has 1 aromatic rings. The number of benzene rings is 1. The van der Waals surface area contributed by atoms with Crippen molar-refractivity contribution in [1.82, 2.24) is 0 Å². The highest BCUT2D eigenvalue weighted by molar-refractivity contribution is 6.88. The molecule has 0 heterocycles. The Bertz CT molecular complexity index is 396. The van der Waals surface area contributed by atoms with E-state index in [1.54, 1.807) is 6.07 Å². The molecule has 88 valence electrons. The minimum Gasteiger partial charge on any atom is -0.507 e. The highest BCUT2D eigenvalue weighted by Crippen LogP contribution is 2.21. The summed E-state index contributed by atoms with van der Waals surface area (Å²) in [7, 11) is -0.163. The Morgan fingerprint density at radius 2 is 1.88 bits per heavy atom. The summed E-state index contributed by atoms with van der Waals surface area (Å²) in [6, 6.07) is 3.66. The van der Waals surface area contributed by atoms with Gasteiger partial charge in [0, 0.05) is 0 Å². The average molecular weight is 238 g/mol. The van der Waals surface area contributed by atoms with Crippen LogP contribution in [0.15, 0.2) is 12.1 Å². The highest BCUT2D eigenvalue weighted by atomic mass is 28.3. The highest BCUT2D eigenvalue weighted by Gasteiger charge is 2.22. The number of phenolic OH excluding ortho intramolecular Hbond substituents is 1. The third kappa shape index (κ3) is 2.44. The Morgan fingerprint density at radius 3 is 2.25 bits per heavy atom. The number of aryl methyl sites for hydroxylation is 1. The van der Waals surface area contributed by atoms with Crippen LogP contribution in [0.1, 0.15) is 15.9 Å². The van der Waals surface area contributed by atoms with E-state index in [2.05, 4.69) is 24.4 Å². The zero-order chi connectivity index (χ0) is 12.5. The first-order valence-corrected chi connectivity index (χ1v) is 8.69. The normalized spacial score (nSPS) is 11.3. The molecular weight excluding hydrogens is 220 g/mol. The number of rotatable bonds is 2. The smallest absolute Gasteiger partial charge is 0.341 e. The molecular formula is C12H18O3Si. The zero-order valence-electron chi connectivity index (χ0n) is 10.4. The van der Waals surface area contributed by atoms with Crippen molar-refractivity contribution < 1.29 is 14.6 Å². The second kappa shape index (κ2) is 4.29. The fourth-order valence-electron chi connectivity index (χ4n) is 1.57. The largest absolute Gasteiger partial charge is 0.507 e. The number of hydrogen-bond donors (Lipinski definition) is 1. The summed E-state index contributed by atoms with van der Waals surface area (Å²) in [6.45, 7) is 8.40. The molecule has 0 fully saturated rings. The van der Waals surface area contributed by atoms with E-state index < -0.39 is 14.0 Å². The number of carbonyl (C=O) groups is 1. The van der Waals surface area contributed by atoms with E-state index in [-0.39, 0.29) is 11.3 Å². The lowest BCUT2D eigenvalue weighted by Gasteiger charge is -2.19. The van der Waals surface area contributed by atoms with Gasteiger partial charge >= 0.3 is 5.97 Å². The van der Waals surface area contributed by atoms with Crippen molar-refractivity contribution in [2.45, 2.75) is 26.6 Å². The molecule has 16 heavy (non-hydrogen) atoms. The monoisotopic (exact) mass is 238 g/mol. The van der Waals surface area contributed by atoms with Gasteiger partial charge in [0.2, 0.25) is 0 Å². The second-order valence-electron chi connectivity index (χ2n) is 4.93. The molecule has 0 atom stereocenters. The first-order valence-electron chi connectivity index (χ1n) is 5.19. The molecule has 0 saturated heterocycles. The van der Waals surface area contributed by atoms with Crippen LogP contribution in [0, 0.1) is 6.92 Å². The van der Waals surface area contributed by atoms with E-state index in [0.29, 0.717) is 0 Å². The number of phenols is 1. The van der Waals surface area contributed by atoms with Crippen LogP contribution in [0.3, 0.4) is 0 Å². The van der Waals surface area contributed by atoms with Gasteiger partial charge in [-0.2, -0.15) is 0 Å². The van der Waals surface area contributed by atoms with Crippen molar-refractivity contribution in [2.24, 2.45) is 0 Å². The van der Waals surface area contributed by atoms with Crippen LogP contribution in [0.5, 0.6) is 5.75 Å². The van der Waals surface area contributed by atoms with E-state index in [1.807, 2.05) is 13.0 Å². The molecule has 1 rings (SSSR count). The summed E-state index contributed by atoms with van der Waals surface area (Å²) < 4.78 is 4.64. The van der Waals surface area contributed by atoms with Crippen molar-refractivity contribution in [3.8, 4) is 5.75 Å². The molecule has 0 amide bonds. The third-order valence-electron chi connectivity index (χ3n) is 2.57. The van der Waals surface area contributed by atoms with Crippen LogP contribution in [-0.2, 0) is 4.74 Å². The summed E-state index contributed by atoms with van der Waals surface area (Å²) in [6.07, 6.45) is 0. The average Bonchev–Trinajstić information content (AvgIpc) is 2.14. The lowest BCUT2D eigenvalue weighted by atomic mass is 10.1. The third-order valence-corrected chi connectivity index (χ3v) is 4.59. The van der Waals surface area contributed by atoms with Crippen molar-refractivity contribution in [2.75, 3.05) is 7.11 Å². The number of hydrogen-bond acceptors (Lipinski definition) is 3. The van der Waals surface area contributed by atoms with Crippen LogP contribution in [-0.4, -0.2) is 26.3 Å². The van der Waals surface area contributed by atoms with Crippen molar-refractivity contribution >= 4 is 19.2 Å². The van der Waals surface area contributed by atoms with Crippen molar-refractivity contribution in [3.63, 3.8) is 0 Å². The molecule has 1 N–H and O–H groups in total.